The second kappa shape index (κ2) is 11.3. The van der Waals surface area contributed by atoms with Gasteiger partial charge in [-0.25, -0.2) is 4.79 Å². The van der Waals surface area contributed by atoms with Crippen molar-refractivity contribution in [2.75, 3.05) is 13.6 Å². The number of benzene rings is 1. The molecule has 9 heteroatoms. The molecule has 3 rings (SSSR count). The smallest absolute Gasteiger partial charge is 0.404 e. The zero-order valence-electron chi connectivity index (χ0n) is 18.7. The van der Waals surface area contributed by atoms with E-state index in [-0.39, 0.29) is 29.6 Å². The molecule has 176 valence electrons. The predicted molar refractivity (Wildman–Crippen MR) is 123 cm³/mol. The number of hydrogen-bond acceptors (Lipinski definition) is 4. The normalized spacial score (nSPS) is 17.7. The van der Waals surface area contributed by atoms with Gasteiger partial charge in [0.1, 0.15) is 5.56 Å². The summed E-state index contributed by atoms with van der Waals surface area (Å²) < 4.78 is 1.38. The van der Waals surface area contributed by atoms with Gasteiger partial charge in [-0.05, 0) is 49.7 Å². The van der Waals surface area contributed by atoms with E-state index in [1.807, 2.05) is 30.3 Å². The second-order valence-electron chi connectivity index (χ2n) is 8.35. The molecule has 0 radical (unpaired) electrons. The van der Waals surface area contributed by atoms with Crippen LogP contribution >= 0.6 is 0 Å². The van der Waals surface area contributed by atoms with Crippen LogP contribution in [0.25, 0.3) is 0 Å². The van der Waals surface area contributed by atoms with Crippen LogP contribution in [-0.2, 0) is 6.54 Å². The van der Waals surface area contributed by atoms with E-state index in [9.17, 15) is 19.2 Å². The SMILES string of the molecule is CNC(=O)c1cc(C(=O)NCCC2CCC(NC(=O)O)CC2)cn(Cc2ccccc2)c1=O. The monoisotopic (exact) mass is 454 g/mol. The van der Waals surface area contributed by atoms with Crippen molar-refractivity contribution in [3.8, 4) is 0 Å². The molecule has 1 aromatic heterocycles. The maximum atomic E-state index is 12.8. The average Bonchev–Trinajstić information content (AvgIpc) is 2.81. The Balaban J connectivity index is 1.64. The topological polar surface area (TPSA) is 130 Å². The van der Waals surface area contributed by atoms with Gasteiger partial charge in [0.15, 0.2) is 0 Å². The molecule has 1 aromatic carbocycles. The fraction of sp³-hybridized carbons (Fsp3) is 0.417. The fourth-order valence-electron chi connectivity index (χ4n) is 4.22. The molecule has 0 unspecified atom stereocenters. The molecule has 9 nitrogen and oxygen atoms in total. The van der Waals surface area contributed by atoms with Gasteiger partial charge in [-0.15, -0.1) is 0 Å². The Hall–Kier alpha value is -3.62. The van der Waals surface area contributed by atoms with Gasteiger partial charge in [0.05, 0.1) is 12.1 Å². The van der Waals surface area contributed by atoms with Crippen molar-refractivity contribution in [2.24, 2.45) is 5.92 Å². The molecule has 0 spiro atoms. The van der Waals surface area contributed by atoms with Gasteiger partial charge in [-0.1, -0.05) is 30.3 Å². The van der Waals surface area contributed by atoms with E-state index in [0.717, 1.165) is 37.7 Å². The lowest BCUT2D eigenvalue weighted by Gasteiger charge is -2.28. The molecule has 33 heavy (non-hydrogen) atoms. The number of hydrogen-bond donors (Lipinski definition) is 4. The highest BCUT2D eigenvalue weighted by Gasteiger charge is 2.22. The molecule has 1 aliphatic rings. The summed E-state index contributed by atoms with van der Waals surface area (Å²) in [5.74, 6) is -0.461. The Morgan fingerprint density at radius 1 is 1.06 bits per heavy atom. The fourth-order valence-corrected chi connectivity index (χ4v) is 4.22. The Labute approximate surface area is 192 Å². The first-order valence-electron chi connectivity index (χ1n) is 11.2. The van der Waals surface area contributed by atoms with Crippen LogP contribution in [-0.4, -0.2) is 47.2 Å². The highest BCUT2D eigenvalue weighted by Crippen LogP contribution is 2.26. The summed E-state index contributed by atoms with van der Waals surface area (Å²) in [6, 6.07) is 10.7. The number of aromatic nitrogens is 1. The van der Waals surface area contributed by atoms with Crippen LogP contribution in [0.4, 0.5) is 4.79 Å². The standard InChI is InChI=1S/C24H30N4O5/c1-25-22(30)20-13-18(15-28(23(20)31)14-17-5-3-2-4-6-17)21(29)26-12-11-16-7-9-19(10-8-16)27-24(32)33/h2-6,13,15-16,19,27H,7-12,14H2,1H3,(H,25,30)(H,26,29)(H,32,33). The van der Waals surface area contributed by atoms with Gasteiger partial charge < -0.3 is 25.6 Å². The first kappa shape index (κ1) is 24.0. The molecule has 4 N–H and O–H groups in total. The van der Waals surface area contributed by atoms with Crippen molar-refractivity contribution in [3.63, 3.8) is 0 Å². The van der Waals surface area contributed by atoms with E-state index in [4.69, 9.17) is 5.11 Å². The summed E-state index contributed by atoms with van der Waals surface area (Å²) in [5.41, 5.74) is 0.596. The first-order chi connectivity index (χ1) is 15.9. The Morgan fingerprint density at radius 3 is 2.39 bits per heavy atom. The Kier molecular flexibility index (Phi) is 8.23. The molecule has 0 bridgehead atoms. The minimum absolute atomic E-state index is 0.00198. The van der Waals surface area contributed by atoms with Crippen LogP contribution in [0.15, 0.2) is 47.4 Å². The highest BCUT2D eigenvalue weighted by molar-refractivity contribution is 5.99. The molecule has 1 saturated carbocycles. The van der Waals surface area contributed by atoms with Crippen LogP contribution < -0.4 is 21.5 Å². The number of carbonyl (C=O) groups excluding carboxylic acids is 2. The highest BCUT2D eigenvalue weighted by atomic mass is 16.4. The minimum atomic E-state index is -0.990. The van der Waals surface area contributed by atoms with Gasteiger partial charge in [0, 0.05) is 25.8 Å². The molecule has 2 aromatic rings. The van der Waals surface area contributed by atoms with Gasteiger partial charge in [0.25, 0.3) is 17.4 Å². The molecule has 0 aliphatic heterocycles. The second-order valence-corrected chi connectivity index (χ2v) is 8.35. The minimum Gasteiger partial charge on any atom is -0.465 e. The van der Waals surface area contributed by atoms with E-state index in [2.05, 4.69) is 16.0 Å². The van der Waals surface area contributed by atoms with Gasteiger partial charge >= 0.3 is 6.09 Å². The molecule has 1 heterocycles. The van der Waals surface area contributed by atoms with Crippen LogP contribution in [0.1, 0.15) is 58.4 Å². The lowest BCUT2D eigenvalue weighted by atomic mass is 9.84. The van der Waals surface area contributed by atoms with Crippen molar-refractivity contribution in [2.45, 2.75) is 44.7 Å². The summed E-state index contributed by atoms with van der Waals surface area (Å²) in [6.45, 7) is 0.714. The number of nitrogens with zero attached hydrogens (tertiary/aromatic N) is 1. The van der Waals surface area contributed by atoms with E-state index < -0.39 is 17.6 Å². The Bertz CT molecular complexity index is 1040. The largest absolute Gasteiger partial charge is 0.465 e. The summed E-state index contributed by atoms with van der Waals surface area (Å²) in [5, 5.41) is 16.7. The van der Waals surface area contributed by atoms with Gasteiger partial charge in [0.2, 0.25) is 0 Å². The van der Waals surface area contributed by atoms with Crippen LogP contribution in [0, 0.1) is 5.92 Å². The number of pyridine rings is 1. The van der Waals surface area contributed by atoms with Gasteiger partial charge in [-0.2, -0.15) is 0 Å². The summed E-state index contributed by atoms with van der Waals surface area (Å²) in [6.07, 6.45) is 4.69. The third-order valence-electron chi connectivity index (χ3n) is 6.03. The first-order valence-corrected chi connectivity index (χ1v) is 11.2. The van der Waals surface area contributed by atoms with Crippen LogP contribution in [0.3, 0.4) is 0 Å². The van der Waals surface area contributed by atoms with E-state index >= 15 is 0 Å². The number of carbonyl (C=O) groups is 3. The van der Waals surface area contributed by atoms with Crippen molar-refractivity contribution >= 4 is 17.9 Å². The molecule has 3 amide bonds. The lowest BCUT2D eigenvalue weighted by molar-refractivity contribution is 0.0948. The summed E-state index contributed by atoms with van der Waals surface area (Å²) in [4.78, 5) is 48.6. The van der Waals surface area contributed by atoms with Crippen LogP contribution in [0.2, 0.25) is 0 Å². The molecular weight excluding hydrogens is 424 g/mol. The zero-order valence-corrected chi connectivity index (χ0v) is 18.7. The molecular formula is C24H30N4O5. The molecule has 0 atom stereocenters. The van der Waals surface area contributed by atoms with Gasteiger partial charge in [-0.3, -0.25) is 14.4 Å². The van der Waals surface area contributed by atoms with E-state index in [1.54, 1.807) is 0 Å². The van der Waals surface area contributed by atoms with Crippen LogP contribution in [0.5, 0.6) is 0 Å². The third-order valence-corrected chi connectivity index (χ3v) is 6.03. The van der Waals surface area contributed by atoms with E-state index in [1.165, 1.54) is 23.9 Å². The predicted octanol–water partition coefficient (Wildman–Crippen LogP) is 2.20. The number of rotatable bonds is 8. The van der Waals surface area contributed by atoms with Crippen molar-refractivity contribution in [1.29, 1.82) is 0 Å². The van der Waals surface area contributed by atoms with Crippen molar-refractivity contribution in [1.82, 2.24) is 20.5 Å². The molecule has 1 fully saturated rings. The molecule has 1 aliphatic carbocycles. The zero-order chi connectivity index (χ0) is 23.8. The summed E-state index contributed by atoms with van der Waals surface area (Å²) >= 11 is 0. The van der Waals surface area contributed by atoms with E-state index in [0.29, 0.717) is 12.5 Å². The quantitative estimate of drug-likeness (QED) is 0.486. The number of nitrogens with one attached hydrogen (secondary N) is 3. The maximum absolute atomic E-state index is 12.8. The summed E-state index contributed by atoms with van der Waals surface area (Å²) in [7, 11) is 1.44. The van der Waals surface area contributed by atoms with Crippen molar-refractivity contribution < 1.29 is 19.5 Å². The number of amides is 3. The van der Waals surface area contributed by atoms with Crippen molar-refractivity contribution in [3.05, 3.63) is 69.6 Å². The lowest BCUT2D eigenvalue weighted by Crippen LogP contribution is -2.37. The third kappa shape index (κ3) is 6.68. The molecule has 0 saturated heterocycles. The average molecular weight is 455 g/mol. The Morgan fingerprint density at radius 2 is 1.76 bits per heavy atom. The maximum Gasteiger partial charge on any atom is 0.404 e. The number of carboxylic acid groups (broad SMARTS) is 1.